The zero-order valence-electron chi connectivity index (χ0n) is 12.6. The number of amides is 2. The predicted molar refractivity (Wildman–Crippen MR) is 79.3 cm³/mol. The van der Waals surface area contributed by atoms with Gasteiger partial charge in [0, 0.05) is 26.6 Å². The number of urea groups is 1. The molecule has 0 fully saturated rings. The Morgan fingerprint density at radius 2 is 2.14 bits per heavy atom. The zero-order valence-corrected chi connectivity index (χ0v) is 12.6. The second-order valence-corrected chi connectivity index (χ2v) is 5.10. The Morgan fingerprint density at radius 3 is 2.76 bits per heavy atom. The Bertz CT molecular complexity index is 490. The number of carboxylic acid groups (broad SMARTS) is 1. The van der Waals surface area contributed by atoms with Gasteiger partial charge in [0.2, 0.25) is 0 Å². The summed E-state index contributed by atoms with van der Waals surface area (Å²) in [6.07, 6.45) is 0.0415. The normalized spacial score (nSPS) is 11.6. The molecule has 2 N–H and O–H groups in total. The largest absolute Gasteiger partial charge is 0.497 e. The molecule has 116 valence electrons. The van der Waals surface area contributed by atoms with Crippen LogP contribution in [0.1, 0.15) is 18.9 Å². The molecule has 0 radical (unpaired) electrons. The van der Waals surface area contributed by atoms with Gasteiger partial charge in [-0.2, -0.15) is 0 Å². The van der Waals surface area contributed by atoms with Crippen molar-refractivity contribution in [3.8, 4) is 5.75 Å². The lowest BCUT2D eigenvalue weighted by Gasteiger charge is -2.19. The fraction of sp³-hybridized carbons (Fsp3) is 0.467. The van der Waals surface area contributed by atoms with Crippen LogP contribution in [0.15, 0.2) is 24.3 Å². The summed E-state index contributed by atoms with van der Waals surface area (Å²) < 4.78 is 5.14. The van der Waals surface area contributed by atoms with E-state index in [4.69, 9.17) is 9.84 Å². The molecule has 0 saturated carbocycles. The number of carbonyl (C=O) groups excluding carboxylic acids is 1. The van der Waals surface area contributed by atoms with E-state index < -0.39 is 5.97 Å². The molecule has 0 spiro atoms. The van der Waals surface area contributed by atoms with Crippen LogP contribution in [0.4, 0.5) is 4.79 Å². The lowest BCUT2D eigenvalue weighted by Crippen LogP contribution is -2.39. The fourth-order valence-electron chi connectivity index (χ4n) is 1.88. The van der Waals surface area contributed by atoms with Crippen molar-refractivity contribution in [2.75, 3.05) is 20.7 Å². The molecule has 1 aromatic carbocycles. The minimum absolute atomic E-state index is 0.0415. The SMILES string of the molecule is COc1cccc(CN(C)C(=O)NCC(C)CC(=O)O)c1. The monoisotopic (exact) mass is 294 g/mol. The van der Waals surface area contributed by atoms with E-state index in [9.17, 15) is 9.59 Å². The van der Waals surface area contributed by atoms with E-state index in [0.717, 1.165) is 11.3 Å². The van der Waals surface area contributed by atoms with Gasteiger partial charge in [0.1, 0.15) is 5.75 Å². The maximum atomic E-state index is 11.9. The number of nitrogens with one attached hydrogen (secondary N) is 1. The summed E-state index contributed by atoms with van der Waals surface area (Å²) in [7, 11) is 3.29. The summed E-state index contributed by atoms with van der Waals surface area (Å²) >= 11 is 0. The molecule has 0 aliphatic rings. The van der Waals surface area contributed by atoms with E-state index in [0.29, 0.717) is 13.1 Å². The van der Waals surface area contributed by atoms with Crippen LogP contribution in [0.25, 0.3) is 0 Å². The van der Waals surface area contributed by atoms with Gasteiger partial charge in [0.05, 0.1) is 7.11 Å². The van der Waals surface area contributed by atoms with Crippen LogP contribution in [0.5, 0.6) is 5.75 Å². The molecular formula is C15H22N2O4. The molecule has 6 nitrogen and oxygen atoms in total. The zero-order chi connectivity index (χ0) is 15.8. The second-order valence-electron chi connectivity index (χ2n) is 5.10. The van der Waals surface area contributed by atoms with Crippen molar-refractivity contribution in [1.29, 1.82) is 0 Å². The number of hydrogen-bond acceptors (Lipinski definition) is 3. The Morgan fingerprint density at radius 1 is 1.43 bits per heavy atom. The first-order valence-electron chi connectivity index (χ1n) is 6.76. The molecule has 0 aromatic heterocycles. The molecular weight excluding hydrogens is 272 g/mol. The topological polar surface area (TPSA) is 78.9 Å². The molecule has 0 aliphatic carbocycles. The second kappa shape index (κ2) is 8.14. The smallest absolute Gasteiger partial charge is 0.317 e. The van der Waals surface area contributed by atoms with Gasteiger partial charge in [-0.05, 0) is 23.6 Å². The van der Waals surface area contributed by atoms with Crippen molar-refractivity contribution in [3.05, 3.63) is 29.8 Å². The molecule has 0 heterocycles. The molecule has 0 bridgehead atoms. The summed E-state index contributed by atoms with van der Waals surface area (Å²) in [5.74, 6) is -0.213. The molecule has 1 aromatic rings. The third kappa shape index (κ3) is 6.16. The summed E-state index contributed by atoms with van der Waals surface area (Å²) in [6.45, 7) is 2.58. The Labute approximate surface area is 124 Å². The minimum Gasteiger partial charge on any atom is -0.497 e. The Balaban J connectivity index is 2.45. The summed E-state index contributed by atoms with van der Waals surface area (Å²) in [5.41, 5.74) is 0.964. The van der Waals surface area contributed by atoms with Crippen molar-refractivity contribution in [3.63, 3.8) is 0 Å². The maximum absolute atomic E-state index is 11.9. The van der Waals surface area contributed by atoms with Gasteiger partial charge < -0.3 is 20.1 Å². The quantitative estimate of drug-likeness (QED) is 0.805. The number of carbonyl (C=O) groups is 2. The lowest BCUT2D eigenvalue weighted by molar-refractivity contribution is -0.137. The van der Waals surface area contributed by atoms with E-state index >= 15 is 0 Å². The third-order valence-electron chi connectivity index (χ3n) is 3.03. The predicted octanol–water partition coefficient (Wildman–Crippen LogP) is 1.95. The molecule has 0 saturated heterocycles. The maximum Gasteiger partial charge on any atom is 0.317 e. The minimum atomic E-state index is -0.860. The van der Waals surface area contributed by atoms with Crippen molar-refractivity contribution >= 4 is 12.0 Å². The molecule has 2 amide bonds. The summed E-state index contributed by atoms with van der Waals surface area (Å²) in [5, 5.41) is 11.4. The molecule has 1 unspecified atom stereocenters. The van der Waals surface area contributed by atoms with Crippen LogP contribution >= 0.6 is 0 Å². The van der Waals surface area contributed by atoms with Gasteiger partial charge in [-0.3, -0.25) is 4.79 Å². The van der Waals surface area contributed by atoms with Gasteiger partial charge in [-0.25, -0.2) is 4.79 Å². The first kappa shape index (κ1) is 16.8. The van der Waals surface area contributed by atoms with E-state index in [1.54, 1.807) is 26.0 Å². The highest BCUT2D eigenvalue weighted by Gasteiger charge is 2.12. The number of hydrogen-bond donors (Lipinski definition) is 2. The van der Waals surface area contributed by atoms with Crippen LogP contribution in [0.3, 0.4) is 0 Å². The lowest BCUT2D eigenvalue weighted by atomic mass is 10.1. The summed E-state index contributed by atoms with van der Waals surface area (Å²) in [6, 6.07) is 7.28. The highest BCUT2D eigenvalue weighted by molar-refractivity contribution is 5.74. The number of methoxy groups -OCH3 is 1. The number of nitrogens with zero attached hydrogens (tertiary/aromatic N) is 1. The number of ether oxygens (including phenoxy) is 1. The Kier molecular flexibility index (Phi) is 6.52. The molecule has 0 aliphatic heterocycles. The van der Waals surface area contributed by atoms with Gasteiger partial charge in [0.25, 0.3) is 0 Å². The van der Waals surface area contributed by atoms with E-state index in [1.165, 1.54) is 0 Å². The van der Waals surface area contributed by atoms with Crippen LogP contribution < -0.4 is 10.1 Å². The first-order valence-corrected chi connectivity index (χ1v) is 6.76. The van der Waals surface area contributed by atoms with Crippen LogP contribution in [0, 0.1) is 5.92 Å². The molecule has 1 rings (SSSR count). The van der Waals surface area contributed by atoms with Crippen molar-refractivity contribution < 1.29 is 19.4 Å². The van der Waals surface area contributed by atoms with E-state index in [1.807, 2.05) is 24.3 Å². The van der Waals surface area contributed by atoms with Gasteiger partial charge in [0.15, 0.2) is 0 Å². The number of rotatable bonds is 7. The van der Waals surface area contributed by atoms with Gasteiger partial charge in [-0.15, -0.1) is 0 Å². The third-order valence-corrected chi connectivity index (χ3v) is 3.03. The highest BCUT2D eigenvalue weighted by atomic mass is 16.5. The van der Waals surface area contributed by atoms with E-state index in [-0.39, 0.29) is 18.4 Å². The molecule has 21 heavy (non-hydrogen) atoms. The van der Waals surface area contributed by atoms with Crippen molar-refractivity contribution in [2.45, 2.75) is 19.9 Å². The van der Waals surface area contributed by atoms with Crippen LogP contribution in [-0.2, 0) is 11.3 Å². The van der Waals surface area contributed by atoms with Crippen LogP contribution in [-0.4, -0.2) is 42.7 Å². The average Bonchev–Trinajstić information content (AvgIpc) is 2.44. The molecule has 1 atom stereocenters. The number of benzene rings is 1. The fourth-order valence-corrected chi connectivity index (χ4v) is 1.88. The van der Waals surface area contributed by atoms with Crippen molar-refractivity contribution in [2.24, 2.45) is 5.92 Å². The van der Waals surface area contributed by atoms with Gasteiger partial charge in [-0.1, -0.05) is 19.1 Å². The van der Waals surface area contributed by atoms with Crippen LogP contribution in [0.2, 0.25) is 0 Å². The molecule has 6 heteroatoms. The average molecular weight is 294 g/mol. The standard InChI is InChI=1S/C15H22N2O4/c1-11(7-14(18)19)9-16-15(20)17(2)10-12-5-4-6-13(8-12)21-3/h4-6,8,11H,7,9-10H2,1-3H3,(H,16,20)(H,18,19). The van der Waals surface area contributed by atoms with Gasteiger partial charge >= 0.3 is 12.0 Å². The Hall–Kier alpha value is -2.24. The highest BCUT2D eigenvalue weighted by Crippen LogP contribution is 2.13. The van der Waals surface area contributed by atoms with Crippen molar-refractivity contribution in [1.82, 2.24) is 10.2 Å². The first-order chi connectivity index (χ1) is 9.92. The number of carboxylic acids is 1. The summed E-state index contributed by atoms with van der Waals surface area (Å²) in [4.78, 5) is 24.0. The van der Waals surface area contributed by atoms with E-state index in [2.05, 4.69) is 5.32 Å². The number of aliphatic carboxylic acids is 1.